The van der Waals surface area contributed by atoms with Crippen molar-refractivity contribution in [1.29, 1.82) is 0 Å². The number of methoxy groups -OCH3 is 1. The number of benzene rings is 1. The Morgan fingerprint density at radius 2 is 2.15 bits per heavy atom. The van der Waals surface area contributed by atoms with Gasteiger partial charge in [0.25, 0.3) is 0 Å². The predicted octanol–water partition coefficient (Wildman–Crippen LogP) is 2.76. The molecule has 0 heterocycles. The van der Waals surface area contributed by atoms with Crippen molar-refractivity contribution in [2.24, 2.45) is 5.92 Å². The van der Waals surface area contributed by atoms with Crippen LogP contribution in [-0.4, -0.2) is 41.9 Å². The van der Waals surface area contributed by atoms with E-state index in [1.54, 1.807) is 13.2 Å². The number of ether oxygens (including phenoxy) is 1. The summed E-state index contributed by atoms with van der Waals surface area (Å²) >= 11 is 3.43. The molecule has 1 saturated carbocycles. The maximum Gasteiger partial charge on any atom is 0.162 e. The first-order valence-corrected chi connectivity index (χ1v) is 7.72. The Balaban J connectivity index is 2.03. The van der Waals surface area contributed by atoms with Crippen LogP contribution in [0.5, 0.6) is 11.5 Å². The van der Waals surface area contributed by atoms with Crippen molar-refractivity contribution in [2.45, 2.75) is 31.9 Å². The van der Waals surface area contributed by atoms with Gasteiger partial charge >= 0.3 is 0 Å². The fourth-order valence-corrected chi connectivity index (χ4v) is 3.37. The molecule has 2 rings (SSSR count). The van der Waals surface area contributed by atoms with Gasteiger partial charge in [-0.05, 0) is 37.9 Å². The van der Waals surface area contributed by atoms with E-state index in [9.17, 15) is 10.2 Å². The normalized spacial score (nSPS) is 22.4. The van der Waals surface area contributed by atoms with E-state index in [0.717, 1.165) is 35.8 Å². The zero-order valence-electron chi connectivity index (χ0n) is 12.0. The van der Waals surface area contributed by atoms with Crippen LogP contribution < -0.4 is 4.74 Å². The average Bonchev–Trinajstić information content (AvgIpc) is 2.79. The van der Waals surface area contributed by atoms with Crippen LogP contribution in [0.2, 0.25) is 0 Å². The molecule has 1 aliphatic rings. The third-order valence-corrected chi connectivity index (χ3v) is 4.40. The summed E-state index contributed by atoms with van der Waals surface area (Å²) in [6.07, 6.45) is 2.92. The van der Waals surface area contributed by atoms with Crippen molar-refractivity contribution in [2.75, 3.05) is 20.7 Å². The van der Waals surface area contributed by atoms with Crippen molar-refractivity contribution in [3.63, 3.8) is 0 Å². The summed E-state index contributed by atoms with van der Waals surface area (Å²) in [4.78, 5) is 2.14. The van der Waals surface area contributed by atoms with Crippen molar-refractivity contribution in [1.82, 2.24) is 4.90 Å². The Labute approximate surface area is 128 Å². The van der Waals surface area contributed by atoms with Gasteiger partial charge in [0.15, 0.2) is 11.5 Å². The number of nitrogens with zero attached hydrogens (tertiary/aromatic N) is 1. The minimum atomic E-state index is -0.178. The average molecular weight is 344 g/mol. The predicted molar refractivity (Wildman–Crippen MR) is 82.0 cm³/mol. The van der Waals surface area contributed by atoms with Gasteiger partial charge in [-0.15, -0.1) is 0 Å². The molecular formula is C15H22BrNO3. The number of hydrogen-bond donors (Lipinski definition) is 2. The Hall–Kier alpha value is -0.780. The lowest BCUT2D eigenvalue weighted by atomic mass is 10.1. The maximum absolute atomic E-state index is 10.2. The van der Waals surface area contributed by atoms with Crippen LogP contribution in [0.1, 0.15) is 24.8 Å². The number of aromatic hydroxyl groups is 1. The molecule has 0 aliphatic heterocycles. The molecule has 0 radical (unpaired) electrons. The van der Waals surface area contributed by atoms with Crippen LogP contribution in [-0.2, 0) is 6.54 Å². The lowest BCUT2D eigenvalue weighted by Gasteiger charge is -2.23. The Bertz CT molecular complexity index is 467. The zero-order valence-corrected chi connectivity index (χ0v) is 13.6. The Morgan fingerprint density at radius 3 is 2.75 bits per heavy atom. The third-order valence-electron chi connectivity index (χ3n) is 3.94. The quantitative estimate of drug-likeness (QED) is 0.863. The van der Waals surface area contributed by atoms with Gasteiger partial charge < -0.3 is 19.8 Å². The van der Waals surface area contributed by atoms with Gasteiger partial charge in [-0.2, -0.15) is 0 Å². The van der Waals surface area contributed by atoms with E-state index in [-0.39, 0.29) is 11.9 Å². The largest absolute Gasteiger partial charge is 0.504 e. The summed E-state index contributed by atoms with van der Waals surface area (Å²) in [6.45, 7) is 1.47. The van der Waals surface area contributed by atoms with Gasteiger partial charge in [0.2, 0.25) is 0 Å². The minimum Gasteiger partial charge on any atom is -0.504 e. The topological polar surface area (TPSA) is 52.9 Å². The van der Waals surface area contributed by atoms with Crippen molar-refractivity contribution in [3.05, 3.63) is 22.2 Å². The highest BCUT2D eigenvalue weighted by Gasteiger charge is 2.26. The maximum atomic E-state index is 10.2. The third kappa shape index (κ3) is 3.65. The van der Waals surface area contributed by atoms with E-state index in [2.05, 4.69) is 20.8 Å². The number of aliphatic hydroxyl groups excluding tert-OH is 1. The molecule has 5 heteroatoms. The molecule has 2 N–H and O–H groups in total. The molecule has 4 nitrogen and oxygen atoms in total. The smallest absolute Gasteiger partial charge is 0.162 e. The molecule has 2 unspecified atom stereocenters. The molecule has 1 aromatic carbocycles. The number of hydrogen-bond acceptors (Lipinski definition) is 4. The molecule has 1 aromatic rings. The number of phenolic OH excluding ortho intramolecular Hbond substituents is 1. The first kappa shape index (κ1) is 15.6. The zero-order chi connectivity index (χ0) is 14.7. The standard InChI is InChI=1S/C15H22BrNO3/c1-17(8-10-4-3-5-13(10)18)9-11-6-12(16)7-14(20-2)15(11)19/h6-7,10,13,18-19H,3-5,8-9H2,1-2H3. The molecule has 0 bridgehead atoms. The van der Waals surface area contributed by atoms with Crippen LogP contribution in [0.15, 0.2) is 16.6 Å². The molecular weight excluding hydrogens is 322 g/mol. The summed E-state index contributed by atoms with van der Waals surface area (Å²) < 4.78 is 6.05. The molecule has 112 valence electrons. The first-order chi connectivity index (χ1) is 9.51. The van der Waals surface area contributed by atoms with Gasteiger partial charge in [0.05, 0.1) is 13.2 Å². The number of phenols is 1. The number of rotatable bonds is 5. The van der Waals surface area contributed by atoms with Crippen LogP contribution in [0.25, 0.3) is 0 Å². The highest BCUT2D eigenvalue weighted by atomic mass is 79.9. The monoisotopic (exact) mass is 343 g/mol. The van der Waals surface area contributed by atoms with Gasteiger partial charge in [-0.25, -0.2) is 0 Å². The molecule has 0 amide bonds. The highest BCUT2D eigenvalue weighted by Crippen LogP contribution is 2.34. The van der Waals surface area contributed by atoms with Crippen molar-refractivity contribution < 1.29 is 14.9 Å². The molecule has 0 saturated heterocycles. The Morgan fingerprint density at radius 1 is 1.40 bits per heavy atom. The summed E-state index contributed by atoms with van der Waals surface area (Å²) in [5, 5.41) is 20.0. The molecule has 0 aromatic heterocycles. The lowest BCUT2D eigenvalue weighted by molar-refractivity contribution is 0.107. The number of halogens is 1. The minimum absolute atomic E-state index is 0.178. The first-order valence-electron chi connectivity index (χ1n) is 6.93. The second-order valence-electron chi connectivity index (χ2n) is 5.57. The number of aliphatic hydroxyl groups is 1. The van der Waals surface area contributed by atoms with Crippen molar-refractivity contribution in [3.8, 4) is 11.5 Å². The Kier molecular flexibility index (Phi) is 5.29. The fraction of sp³-hybridized carbons (Fsp3) is 0.600. The highest BCUT2D eigenvalue weighted by molar-refractivity contribution is 9.10. The molecule has 0 spiro atoms. The van der Waals surface area contributed by atoms with Crippen LogP contribution in [0, 0.1) is 5.92 Å². The lowest BCUT2D eigenvalue weighted by Crippen LogP contribution is -2.29. The second-order valence-corrected chi connectivity index (χ2v) is 6.49. The molecule has 2 atom stereocenters. The summed E-state index contributed by atoms with van der Waals surface area (Å²) in [5.74, 6) is 1.01. The summed E-state index contributed by atoms with van der Waals surface area (Å²) in [5.41, 5.74) is 0.825. The van der Waals surface area contributed by atoms with Crippen LogP contribution in [0.3, 0.4) is 0 Å². The van der Waals surface area contributed by atoms with E-state index >= 15 is 0 Å². The van der Waals surface area contributed by atoms with Gasteiger partial charge in [-0.1, -0.05) is 22.4 Å². The molecule has 1 fully saturated rings. The molecule has 1 aliphatic carbocycles. The summed E-state index contributed by atoms with van der Waals surface area (Å²) in [7, 11) is 3.56. The second kappa shape index (κ2) is 6.78. The summed E-state index contributed by atoms with van der Waals surface area (Å²) in [6, 6.07) is 3.65. The van der Waals surface area contributed by atoms with Crippen LogP contribution in [0.4, 0.5) is 0 Å². The van der Waals surface area contributed by atoms with Crippen molar-refractivity contribution >= 4 is 15.9 Å². The van der Waals surface area contributed by atoms with Gasteiger partial charge in [0, 0.05) is 23.1 Å². The van der Waals surface area contributed by atoms with E-state index < -0.39 is 0 Å². The van der Waals surface area contributed by atoms with Gasteiger partial charge in [0.1, 0.15) is 0 Å². The van der Waals surface area contributed by atoms with Gasteiger partial charge in [-0.3, -0.25) is 0 Å². The van der Waals surface area contributed by atoms with E-state index in [1.165, 1.54) is 0 Å². The molecule has 20 heavy (non-hydrogen) atoms. The van der Waals surface area contributed by atoms with E-state index in [4.69, 9.17) is 4.74 Å². The van der Waals surface area contributed by atoms with E-state index in [1.807, 2.05) is 13.1 Å². The SMILES string of the molecule is COc1cc(Br)cc(CN(C)CC2CCCC2O)c1O. The van der Waals surface area contributed by atoms with E-state index in [0.29, 0.717) is 18.2 Å². The van der Waals surface area contributed by atoms with Crippen LogP contribution >= 0.6 is 15.9 Å². The fourth-order valence-electron chi connectivity index (χ4n) is 2.89.